The minimum atomic E-state index is -0.748. The molecule has 6 heteroatoms. The molecule has 0 aliphatic rings. The van der Waals surface area contributed by atoms with E-state index < -0.39 is 17.3 Å². The molecule has 0 saturated heterocycles. The summed E-state index contributed by atoms with van der Waals surface area (Å²) in [7, 11) is 3.02. The van der Waals surface area contributed by atoms with Crippen LogP contribution < -0.4 is 15.1 Å². The van der Waals surface area contributed by atoms with E-state index >= 15 is 0 Å². The molecule has 1 aromatic heterocycles. The highest BCUT2D eigenvalue weighted by molar-refractivity contribution is 5.87. The number of aryl methyl sites for hydroxylation is 1. The van der Waals surface area contributed by atoms with Gasteiger partial charge < -0.3 is 13.9 Å². The summed E-state index contributed by atoms with van der Waals surface area (Å²) in [6, 6.07) is 8.41. The number of hydrogen-bond acceptors (Lipinski definition) is 4. The number of ether oxygens (including phenoxy) is 2. The van der Waals surface area contributed by atoms with E-state index in [0.29, 0.717) is 33.8 Å². The molecule has 0 unspecified atom stereocenters. The second-order valence-electron chi connectivity index (χ2n) is 6.05. The maximum absolute atomic E-state index is 14.5. The SMILES string of the molecule is COc1cc(OC)cc(-c2c(-c3ccc(F)cc3F)c(C)oc(=O)c2C)c1. The van der Waals surface area contributed by atoms with E-state index in [9.17, 15) is 13.6 Å². The van der Waals surface area contributed by atoms with Crippen molar-refractivity contribution >= 4 is 0 Å². The predicted molar refractivity (Wildman–Crippen MR) is 98.3 cm³/mol. The lowest BCUT2D eigenvalue weighted by molar-refractivity contribution is 0.394. The molecule has 0 fully saturated rings. The van der Waals surface area contributed by atoms with E-state index in [1.165, 1.54) is 20.3 Å². The van der Waals surface area contributed by atoms with E-state index in [2.05, 4.69) is 0 Å². The van der Waals surface area contributed by atoms with Crippen molar-refractivity contribution in [3.8, 4) is 33.8 Å². The highest BCUT2D eigenvalue weighted by Gasteiger charge is 2.21. The fourth-order valence-electron chi connectivity index (χ4n) is 3.06. The molecule has 27 heavy (non-hydrogen) atoms. The number of halogens is 2. The molecule has 3 aromatic rings. The van der Waals surface area contributed by atoms with Crippen LogP contribution in [0.5, 0.6) is 11.5 Å². The first-order valence-electron chi connectivity index (χ1n) is 8.19. The van der Waals surface area contributed by atoms with Crippen LogP contribution >= 0.6 is 0 Å². The molecule has 0 saturated carbocycles. The first kappa shape index (κ1) is 18.6. The molecule has 3 rings (SSSR count). The zero-order chi connectivity index (χ0) is 19.7. The average Bonchev–Trinajstić information content (AvgIpc) is 2.64. The number of rotatable bonds is 4. The van der Waals surface area contributed by atoms with Crippen molar-refractivity contribution in [3.63, 3.8) is 0 Å². The number of methoxy groups -OCH3 is 2. The number of hydrogen-bond donors (Lipinski definition) is 0. The zero-order valence-corrected chi connectivity index (χ0v) is 15.4. The van der Waals surface area contributed by atoms with Gasteiger partial charge in [-0.15, -0.1) is 0 Å². The fraction of sp³-hybridized carbons (Fsp3) is 0.190. The molecule has 4 nitrogen and oxygen atoms in total. The maximum Gasteiger partial charge on any atom is 0.339 e. The Balaban J connectivity index is 2.41. The molecule has 2 aromatic carbocycles. The lowest BCUT2D eigenvalue weighted by Crippen LogP contribution is -2.09. The van der Waals surface area contributed by atoms with Gasteiger partial charge in [-0.3, -0.25) is 0 Å². The Kier molecular flexibility index (Phi) is 4.99. The van der Waals surface area contributed by atoms with Gasteiger partial charge in [-0.1, -0.05) is 0 Å². The summed E-state index contributed by atoms with van der Waals surface area (Å²) < 4.78 is 43.8. The quantitative estimate of drug-likeness (QED) is 0.655. The van der Waals surface area contributed by atoms with E-state index in [0.717, 1.165) is 12.1 Å². The molecular formula is C21H18F2O4. The Labute approximate surface area is 155 Å². The van der Waals surface area contributed by atoms with Gasteiger partial charge in [0.05, 0.1) is 14.2 Å². The van der Waals surface area contributed by atoms with Crippen molar-refractivity contribution in [1.29, 1.82) is 0 Å². The highest BCUT2D eigenvalue weighted by atomic mass is 19.1. The van der Waals surface area contributed by atoms with Gasteiger partial charge in [0.1, 0.15) is 28.9 Å². The minimum Gasteiger partial charge on any atom is -0.497 e. The van der Waals surface area contributed by atoms with Crippen LogP contribution in [0.4, 0.5) is 8.78 Å². The molecule has 0 amide bonds. The summed E-state index contributed by atoms with van der Waals surface area (Å²) >= 11 is 0. The Morgan fingerprint density at radius 3 is 2.07 bits per heavy atom. The average molecular weight is 372 g/mol. The minimum absolute atomic E-state index is 0.137. The summed E-state index contributed by atoms with van der Waals surface area (Å²) in [5.74, 6) is -0.177. The Morgan fingerprint density at radius 1 is 0.889 bits per heavy atom. The lowest BCUT2D eigenvalue weighted by atomic mass is 9.91. The van der Waals surface area contributed by atoms with Gasteiger partial charge in [0, 0.05) is 34.4 Å². The second kappa shape index (κ2) is 7.23. The van der Waals surface area contributed by atoms with Crippen LogP contribution in [-0.4, -0.2) is 14.2 Å². The molecule has 0 spiro atoms. The summed E-state index contributed by atoms with van der Waals surface area (Å²) in [5.41, 5.74) is 1.35. The Hall–Kier alpha value is -3.15. The van der Waals surface area contributed by atoms with Crippen molar-refractivity contribution in [2.24, 2.45) is 0 Å². The van der Waals surface area contributed by atoms with Crippen LogP contribution in [0.25, 0.3) is 22.3 Å². The summed E-state index contributed by atoms with van der Waals surface area (Å²) in [6.07, 6.45) is 0. The molecule has 0 bridgehead atoms. The van der Waals surface area contributed by atoms with E-state index in [-0.39, 0.29) is 11.3 Å². The van der Waals surface area contributed by atoms with Crippen molar-refractivity contribution in [1.82, 2.24) is 0 Å². The topological polar surface area (TPSA) is 48.7 Å². The third kappa shape index (κ3) is 3.43. The molecule has 0 aliphatic heterocycles. The van der Waals surface area contributed by atoms with E-state index in [1.807, 2.05) is 0 Å². The summed E-state index contributed by atoms with van der Waals surface area (Å²) in [5, 5.41) is 0. The van der Waals surface area contributed by atoms with Crippen LogP contribution in [-0.2, 0) is 0 Å². The molecule has 0 N–H and O–H groups in total. The van der Waals surface area contributed by atoms with E-state index in [4.69, 9.17) is 13.9 Å². The van der Waals surface area contributed by atoms with Crippen LogP contribution in [0, 0.1) is 25.5 Å². The van der Waals surface area contributed by atoms with Crippen molar-refractivity contribution in [3.05, 3.63) is 69.8 Å². The van der Waals surface area contributed by atoms with Crippen molar-refractivity contribution < 1.29 is 22.7 Å². The van der Waals surface area contributed by atoms with E-state index in [1.54, 1.807) is 32.0 Å². The van der Waals surface area contributed by atoms with Gasteiger partial charge >= 0.3 is 5.63 Å². The molecule has 140 valence electrons. The smallest absolute Gasteiger partial charge is 0.339 e. The van der Waals surface area contributed by atoms with Gasteiger partial charge in [-0.25, -0.2) is 13.6 Å². The van der Waals surface area contributed by atoms with Gasteiger partial charge in [-0.05, 0) is 43.7 Å². The Morgan fingerprint density at radius 2 is 1.52 bits per heavy atom. The molecule has 0 radical (unpaired) electrons. The summed E-state index contributed by atoms with van der Waals surface area (Å²) in [6.45, 7) is 3.16. The van der Waals surface area contributed by atoms with Crippen LogP contribution in [0.15, 0.2) is 45.6 Å². The standard InChI is InChI=1S/C21H18F2O4/c1-11-19(13-7-15(25-3)10-16(8-13)26-4)20(12(2)27-21(11)24)17-6-5-14(22)9-18(17)23/h5-10H,1-4H3. The normalized spacial score (nSPS) is 10.7. The monoisotopic (exact) mass is 372 g/mol. The predicted octanol–water partition coefficient (Wildman–Crippen LogP) is 4.89. The first-order valence-corrected chi connectivity index (χ1v) is 8.19. The maximum atomic E-state index is 14.5. The third-order valence-corrected chi connectivity index (χ3v) is 4.37. The van der Waals surface area contributed by atoms with Crippen LogP contribution in [0.2, 0.25) is 0 Å². The fourth-order valence-corrected chi connectivity index (χ4v) is 3.06. The van der Waals surface area contributed by atoms with Crippen molar-refractivity contribution in [2.45, 2.75) is 13.8 Å². The van der Waals surface area contributed by atoms with Gasteiger partial charge in [0.15, 0.2) is 0 Å². The van der Waals surface area contributed by atoms with Crippen LogP contribution in [0.3, 0.4) is 0 Å². The molecule has 0 atom stereocenters. The zero-order valence-electron chi connectivity index (χ0n) is 15.4. The van der Waals surface area contributed by atoms with Gasteiger partial charge in [0.25, 0.3) is 0 Å². The molecule has 0 aliphatic carbocycles. The summed E-state index contributed by atoms with van der Waals surface area (Å²) in [4.78, 5) is 12.3. The second-order valence-corrected chi connectivity index (χ2v) is 6.05. The largest absolute Gasteiger partial charge is 0.497 e. The number of benzene rings is 2. The van der Waals surface area contributed by atoms with Crippen LogP contribution in [0.1, 0.15) is 11.3 Å². The molecule has 1 heterocycles. The Bertz CT molecular complexity index is 1050. The first-order chi connectivity index (χ1) is 12.8. The highest BCUT2D eigenvalue weighted by Crippen LogP contribution is 2.40. The van der Waals surface area contributed by atoms with Crippen molar-refractivity contribution in [2.75, 3.05) is 14.2 Å². The third-order valence-electron chi connectivity index (χ3n) is 4.37. The van der Waals surface area contributed by atoms with Gasteiger partial charge in [-0.2, -0.15) is 0 Å². The lowest BCUT2D eigenvalue weighted by Gasteiger charge is -2.16. The molecular weight excluding hydrogens is 354 g/mol. The van der Waals surface area contributed by atoms with Gasteiger partial charge in [0.2, 0.25) is 0 Å².